The van der Waals surface area contributed by atoms with E-state index in [1.165, 1.54) is 12.5 Å². The van der Waals surface area contributed by atoms with Crippen molar-refractivity contribution in [1.82, 2.24) is 5.32 Å². The Labute approximate surface area is 87.4 Å². The summed E-state index contributed by atoms with van der Waals surface area (Å²) in [6.45, 7) is 0.667. The number of carbonyl (C=O) groups is 1. The van der Waals surface area contributed by atoms with E-state index in [0.29, 0.717) is 18.0 Å². The van der Waals surface area contributed by atoms with Gasteiger partial charge in [-0.25, -0.2) is 0 Å². The van der Waals surface area contributed by atoms with Crippen LogP contribution in [-0.4, -0.2) is 18.3 Å². The van der Waals surface area contributed by atoms with Crippen LogP contribution in [0.3, 0.4) is 0 Å². The molecule has 1 heterocycles. The van der Waals surface area contributed by atoms with Gasteiger partial charge in [-0.05, 0) is 18.9 Å². The van der Waals surface area contributed by atoms with Gasteiger partial charge in [0.2, 0.25) is 0 Å². The van der Waals surface area contributed by atoms with Gasteiger partial charge in [-0.2, -0.15) is 0 Å². The lowest BCUT2D eigenvalue weighted by Crippen LogP contribution is -2.30. The van der Waals surface area contributed by atoms with E-state index in [1.807, 2.05) is 0 Å². The van der Waals surface area contributed by atoms with Crippen molar-refractivity contribution in [1.29, 1.82) is 0 Å². The number of nitrogens with one attached hydrogen (secondary N) is 1. The van der Waals surface area contributed by atoms with Crippen LogP contribution in [0.5, 0.6) is 0 Å². The Morgan fingerprint density at radius 1 is 1.64 bits per heavy atom. The van der Waals surface area contributed by atoms with Crippen molar-refractivity contribution >= 4 is 17.5 Å². The molecular formula is C10H12ClNO2. The van der Waals surface area contributed by atoms with Crippen LogP contribution in [0.25, 0.3) is 0 Å². The lowest BCUT2D eigenvalue weighted by molar-refractivity contribution is 0.0946. The molecular weight excluding hydrogens is 202 g/mol. The molecule has 14 heavy (non-hydrogen) atoms. The van der Waals surface area contributed by atoms with Gasteiger partial charge < -0.3 is 9.73 Å². The Hall–Kier alpha value is -0.960. The molecule has 76 valence electrons. The Morgan fingerprint density at radius 2 is 2.43 bits per heavy atom. The molecule has 1 aliphatic carbocycles. The predicted molar refractivity (Wildman–Crippen MR) is 53.4 cm³/mol. The summed E-state index contributed by atoms with van der Waals surface area (Å²) in [4.78, 5) is 11.5. The van der Waals surface area contributed by atoms with E-state index in [9.17, 15) is 4.79 Å². The molecule has 0 aromatic carbocycles. The van der Waals surface area contributed by atoms with Gasteiger partial charge in [-0.15, -0.1) is 11.6 Å². The van der Waals surface area contributed by atoms with Gasteiger partial charge in [0, 0.05) is 17.8 Å². The Morgan fingerprint density at radius 3 is 2.93 bits per heavy atom. The quantitative estimate of drug-likeness (QED) is 0.778. The van der Waals surface area contributed by atoms with E-state index in [2.05, 4.69) is 5.32 Å². The summed E-state index contributed by atoms with van der Waals surface area (Å²) in [6, 6.07) is 1.65. The number of rotatable bonds is 4. The number of hydrogen-bond acceptors (Lipinski definition) is 2. The van der Waals surface area contributed by atoms with E-state index in [-0.39, 0.29) is 11.3 Å². The molecule has 2 rings (SSSR count). The second-order valence-corrected chi connectivity index (χ2v) is 4.10. The first-order valence-corrected chi connectivity index (χ1v) is 5.16. The van der Waals surface area contributed by atoms with E-state index < -0.39 is 0 Å². The fraction of sp³-hybridized carbons (Fsp3) is 0.500. The third-order valence-electron chi connectivity index (χ3n) is 2.65. The smallest absolute Gasteiger partial charge is 0.254 e. The lowest BCUT2D eigenvalue weighted by Gasteiger charge is -2.11. The summed E-state index contributed by atoms with van der Waals surface area (Å²) in [7, 11) is 0. The zero-order chi connectivity index (χ0) is 10.0. The second kappa shape index (κ2) is 3.65. The van der Waals surface area contributed by atoms with Crippen molar-refractivity contribution in [2.75, 3.05) is 12.4 Å². The van der Waals surface area contributed by atoms with Gasteiger partial charge in [0.15, 0.2) is 0 Å². The van der Waals surface area contributed by atoms with Gasteiger partial charge in [-0.3, -0.25) is 4.79 Å². The fourth-order valence-corrected chi connectivity index (χ4v) is 1.66. The van der Waals surface area contributed by atoms with Crippen molar-refractivity contribution in [3.8, 4) is 0 Å². The minimum atomic E-state index is -0.0878. The Kier molecular flexibility index (Phi) is 2.50. The zero-order valence-corrected chi connectivity index (χ0v) is 8.51. The van der Waals surface area contributed by atoms with E-state index >= 15 is 0 Å². The topological polar surface area (TPSA) is 42.2 Å². The van der Waals surface area contributed by atoms with Crippen LogP contribution in [0.2, 0.25) is 0 Å². The van der Waals surface area contributed by atoms with Crippen LogP contribution >= 0.6 is 11.6 Å². The van der Waals surface area contributed by atoms with Crippen molar-refractivity contribution in [3.05, 3.63) is 24.2 Å². The highest BCUT2D eigenvalue weighted by molar-refractivity contribution is 6.18. The lowest BCUT2D eigenvalue weighted by atomic mass is 10.1. The average Bonchev–Trinajstić information content (AvgIpc) is 2.78. The van der Waals surface area contributed by atoms with Gasteiger partial charge in [0.25, 0.3) is 5.91 Å². The van der Waals surface area contributed by atoms with E-state index in [0.717, 1.165) is 12.8 Å². The number of amides is 1. The molecule has 1 saturated carbocycles. The predicted octanol–water partition coefficient (Wildman–Crippen LogP) is 2.03. The van der Waals surface area contributed by atoms with Gasteiger partial charge >= 0.3 is 0 Å². The van der Waals surface area contributed by atoms with Crippen LogP contribution in [0.1, 0.15) is 23.2 Å². The monoisotopic (exact) mass is 213 g/mol. The highest BCUT2D eigenvalue weighted by atomic mass is 35.5. The Bertz CT molecular complexity index is 317. The summed E-state index contributed by atoms with van der Waals surface area (Å²) >= 11 is 5.79. The fourth-order valence-electron chi connectivity index (χ4n) is 1.30. The van der Waals surface area contributed by atoms with Crippen molar-refractivity contribution in [2.24, 2.45) is 5.41 Å². The molecule has 0 aliphatic heterocycles. The van der Waals surface area contributed by atoms with Crippen LogP contribution in [0.15, 0.2) is 23.0 Å². The number of halogens is 1. The summed E-state index contributed by atoms with van der Waals surface area (Å²) < 4.78 is 4.82. The maximum Gasteiger partial charge on any atom is 0.254 e. The molecule has 1 fully saturated rings. The van der Waals surface area contributed by atoms with Crippen molar-refractivity contribution < 1.29 is 9.21 Å². The normalized spacial score (nSPS) is 17.8. The average molecular weight is 214 g/mol. The molecule has 0 spiro atoms. The number of furan rings is 1. The molecule has 1 amide bonds. The van der Waals surface area contributed by atoms with Crippen LogP contribution < -0.4 is 5.32 Å². The molecule has 1 aromatic heterocycles. The van der Waals surface area contributed by atoms with Crippen molar-refractivity contribution in [2.45, 2.75) is 12.8 Å². The maximum absolute atomic E-state index is 11.5. The minimum absolute atomic E-state index is 0.0878. The van der Waals surface area contributed by atoms with Crippen molar-refractivity contribution in [3.63, 3.8) is 0 Å². The molecule has 4 heteroatoms. The molecule has 0 bridgehead atoms. The highest BCUT2D eigenvalue weighted by Crippen LogP contribution is 2.45. The van der Waals surface area contributed by atoms with Crippen LogP contribution in [0.4, 0.5) is 0 Å². The molecule has 0 unspecified atom stereocenters. The van der Waals surface area contributed by atoms with E-state index in [1.54, 1.807) is 6.07 Å². The zero-order valence-electron chi connectivity index (χ0n) is 7.75. The largest absolute Gasteiger partial charge is 0.472 e. The first-order chi connectivity index (χ1) is 6.76. The standard InChI is InChI=1S/C10H12ClNO2/c11-6-10(2-3-10)7-12-9(13)8-1-4-14-5-8/h1,4-5H,2-3,6-7H2,(H,12,13). The third-order valence-corrected chi connectivity index (χ3v) is 3.21. The molecule has 1 aliphatic rings. The second-order valence-electron chi connectivity index (χ2n) is 3.83. The molecule has 1 N–H and O–H groups in total. The summed E-state index contributed by atoms with van der Waals surface area (Å²) in [5, 5.41) is 2.86. The molecule has 3 nitrogen and oxygen atoms in total. The summed E-state index contributed by atoms with van der Waals surface area (Å²) in [6.07, 6.45) is 5.16. The van der Waals surface area contributed by atoms with Crippen LogP contribution in [-0.2, 0) is 0 Å². The summed E-state index contributed by atoms with van der Waals surface area (Å²) in [5.41, 5.74) is 0.733. The maximum atomic E-state index is 11.5. The number of alkyl halides is 1. The van der Waals surface area contributed by atoms with Gasteiger partial charge in [0.05, 0.1) is 11.8 Å². The third kappa shape index (κ3) is 1.93. The van der Waals surface area contributed by atoms with E-state index in [4.69, 9.17) is 16.0 Å². The molecule has 1 aromatic rings. The van der Waals surface area contributed by atoms with Gasteiger partial charge in [0.1, 0.15) is 6.26 Å². The first-order valence-electron chi connectivity index (χ1n) is 4.62. The van der Waals surface area contributed by atoms with Gasteiger partial charge in [-0.1, -0.05) is 0 Å². The molecule has 0 saturated heterocycles. The molecule has 0 radical (unpaired) electrons. The number of carbonyl (C=O) groups excluding carboxylic acids is 1. The molecule has 0 atom stereocenters. The highest BCUT2D eigenvalue weighted by Gasteiger charge is 2.41. The Balaban J connectivity index is 1.84. The first kappa shape index (κ1) is 9.59. The SMILES string of the molecule is O=C(NCC1(CCl)CC1)c1ccoc1. The minimum Gasteiger partial charge on any atom is -0.472 e. The number of hydrogen-bond donors (Lipinski definition) is 1. The summed E-state index contributed by atoms with van der Waals surface area (Å²) in [5.74, 6) is 0.536. The van der Waals surface area contributed by atoms with Crippen LogP contribution in [0, 0.1) is 5.41 Å².